The van der Waals surface area contributed by atoms with Gasteiger partial charge in [-0.2, -0.15) is 5.10 Å². The Balaban J connectivity index is 2.02. The minimum absolute atomic E-state index is 0.0230. The van der Waals surface area contributed by atoms with Gasteiger partial charge in [-0.3, -0.25) is 9.48 Å². The Labute approximate surface area is 129 Å². The lowest BCUT2D eigenvalue weighted by atomic mass is 9.99. The first-order valence-corrected chi connectivity index (χ1v) is 8.17. The highest BCUT2D eigenvalue weighted by molar-refractivity contribution is 9.10. The van der Waals surface area contributed by atoms with Crippen LogP contribution in [0, 0.1) is 25.7 Å². The zero-order valence-corrected chi connectivity index (χ0v) is 14.4. The van der Waals surface area contributed by atoms with Crippen LogP contribution in [0.4, 0.5) is 0 Å². The molecule has 0 spiro atoms. The van der Waals surface area contributed by atoms with Gasteiger partial charge in [0.15, 0.2) is 0 Å². The van der Waals surface area contributed by atoms with E-state index in [1.165, 1.54) is 6.42 Å². The van der Waals surface area contributed by atoms with Crippen LogP contribution in [0.15, 0.2) is 4.47 Å². The van der Waals surface area contributed by atoms with E-state index in [2.05, 4.69) is 28.0 Å². The number of hydrogen-bond donors (Lipinski definition) is 0. The Morgan fingerprint density at radius 3 is 2.75 bits per heavy atom. The van der Waals surface area contributed by atoms with Gasteiger partial charge in [0.1, 0.15) is 0 Å². The topological polar surface area (TPSA) is 38.1 Å². The van der Waals surface area contributed by atoms with Crippen molar-refractivity contribution in [3.63, 3.8) is 0 Å². The van der Waals surface area contributed by atoms with Crippen LogP contribution in [0.25, 0.3) is 0 Å². The van der Waals surface area contributed by atoms with Crippen molar-refractivity contribution in [3.8, 4) is 0 Å². The Hall–Kier alpha value is -0.840. The summed E-state index contributed by atoms with van der Waals surface area (Å²) >= 11 is 3.53. The second-order valence-electron chi connectivity index (χ2n) is 6.10. The van der Waals surface area contributed by atoms with E-state index in [1.54, 1.807) is 0 Å². The summed E-state index contributed by atoms with van der Waals surface area (Å²) in [6, 6.07) is 0. The minimum atomic E-state index is -0.0230. The molecule has 1 saturated heterocycles. The van der Waals surface area contributed by atoms with Gasteiger partial charge in [0, 0.05) is 18.8 Å². The van der Waals surface area contributed by atoms with Crippen LogP contribution in [-0.4, -0.2) is 33.7 Å². The van der Waals surface area contributed by atoms with Crippen LogP contribution in [-0.2, 0) is 11.3 Å². The number of nitrogens with zero attached hydrogens (tertiary/aromatic N) is 3. The fraction of sp³-hybridized carbons (Fsp3) is 0.733. The van der Waals surface area contributed by atoms with Crippen molar-refractivity contribution in [1.82, 2.24) is 14.7 Å². The number of hydrogen-bond acceptors (Lipinski definition) is 2. The lowest BCUT2D eigenvalue weighted by Crippen LogP contribution is -2.42. The molecule has 1 aliphatic rings. The molecule has 2 rings (SSSR count). The molecule has 0 N–H and O–H groups in total. The average molecular weight is 342 g/mol. The SMILES string of the molecule is Cc1nn(CC(C)C(=O)N2CCCC(C)C2)c(C)c1Br. The van der Waals surface area contributed by atoms with Gasteiger partial charge >= 0.3 is 0 Å². The van der Waals surface area contributed by atoms with Crippen molar-refractivity contribution >= 4 is 21.8 Å². The van der Waals surface area contributed by atoms with E-state index in [0.29, 0.717) is 12.5 Å². The maximum Gasteiger partial charge on any atom is 0.227 e. The molecule has 2 atom stereocenters. The second kappa shape index (κ2) is 6.29. The summed E-state index contributed by atoms with van der Waals surface area (Å²) < 4.78 is 2.98. The van der Waals surface area contributed by atoms with Gasteiger partial charge in [0.05, 0.1) is 22.6 Å². The van der Waals surface area contributed by atoms with Gasteiger partial charge in [-0.15, -0.1) is 0 Å². The largest absolute Gasteiger partial charge is 0.342 e. The van der Waals surface area contributed by atoms with Crippen molar-refractivity contribution in [1.29, 1.82) is 0 Å². The predicted molar refractivity (Wildman–Crippen MR) is 83.5 cm³/mol. The number of carbonyl (C=O) groups is 1. The monoisotopic (exact) mass is 341 g/mol. The van der Waals surface area contributed by atoms with Crippen molar-refractivity contribution in [2.75, 3.05) is 13.1 Å². The number of aromatic nitrogens is 2. The summed E-state index contributed by atoms with van der Waals surface area (Å²) in [6.07, 6.45) is 2.37. The van der Waals surface area contributed by atoms with E-state index in [4.69, 9.17) is 0 Å². The standard InChI is InChI=1S/C15H24BrN3O/c1-10-6-5-7-18(8-10)15(20)11(2)9-19-13(4)14(16)12(3)17-19/h10-11H,5-9H2,1-4H3. The molecule has 4 nitrogen and oxygen atoms in total. The molecule has 0 radical (unpaired) electrons. The summed E-state index contributed by atoms with van der Waals surface area (Å²) in [5.74, 6) is 0.869. The van der Waals surface area contributed by atoms with Gasteiger partial charge in [-0.1, -0.05) is 13.8 Å². The summed E-state index contributed by atoms with van der Waals surface area (Å²) in [5, 5.41) is 4.49. The first-order chi connectivity index (χ1) is 9.40. The molecule has 1 amide bonds. The fourth-order valence-corrected chi connectivity index (χ4v) is 3.18. The van der Waals surface area contributed by atoms with Crippen molar-refractivity contribution in [2.45, 2.75) is 47.1 Å². The predicted octanol–water partition coefficient (Wildman–Crippen LogP) is 3.16. The summed E-state index contributed by atoms with van der Waals surface area (Å²) in [5.41, 5.74) is 2.07. The van der Waals surface area contributed by atoms with E-state index in [9.17, 15) is 4.79 Å². The third-order valence-electron chi connectivity index (χ3n) is 4.13. The summed E-state index contributed by atoms with van der Waals surface area (Å²) in [4.78, 5) is 14.6. The first-order valence-electron chi connectivity index (χ1n) is 7.38. The third kappa shape index (κ3) is 3.25. The summed E-state index contributed by atoms with van der Waals surface area (Å²) in [6.45, 7) is 10.7. The van der Waals surface area contributed by atoms with Crippen LogP contribution in [0.2, 0.25) is 0 Å². The number of piperidine rings is 1. The van der Waals surface area contributed by atoms with E-state index >= 15 is 0 Å². The molecule has 0 aliphatic carbocycles. The van der Waals surface area contributed by atoms with Gasteiger partial charge in [0.25, 0.3) is 0 Å². The average Bonchev–Trinajstić information content (AvgIpc) is 2.65. The van der Waals surface area contributed by atoms with Crippen LogP contribution >= 0.6 is 15.9 Å². The summed E-state index contributed by atoms with van der Waals surface area (Å²) in [7, 11) is 0. The van der Waals surface area contributed by atoms with Crippen molar-refractivity contribution in [3.05, 3.63) is 15.9 Å². The highest BCUT2D eigenvalue weighted by Crippen LogP contribution is 2.22. The fourth-order valence-electron chi connectivity index (χ4n) is 2.89. The molecule has 1 aliphatic heterocycles. The van der Waals surface area contributed by atoms with Crippen LogP contribution in [0.1, 0.15) is 38.1 Å². The molecule has 5 heteroatoms. The van der Waals surface area contributed by atoms with Gasteiger partial charge in [-0.25, -0.2) is 0 Å². The lowest BCUT2D eigenvalue weighted by Gasteiger charge is -2.32. The van der Waals surface area contributed by atoms with Crippen molar-refractivity contribution in [2.24, 2.45) is 11.8 Å². The molecule has 20 heavy (non-hydrogen) atoms. The maximum absolute atomic E-state index is 12.5. The van der Waals surface area contributed by atoms with E-state index in [1.807, 2.05) is 30.4 Å². The van der Waals surface area contributed by atoms with Crippen LogP contribution in [0.3, 0.4) is 0 Å². The minimum Gasteiger partial charge on any atom is -0.342 e. The molecule has 0 bridgehead atoms. The Kier molecular flexibility index (Phi) is 4.89. The second-order valence-corrected chi connectivity index (χ2v) is 6.89. The van der Waals surface area contributed by atoms with E-state index < -0.39 is 0 Å². The Bertz CT molecular complexity index is 498. The molecule has 1 fully saturated rings. The number of rotatable bonds is 3. The number of amides is 1. The molecule has 0 aromatic carbocycles. The van der Waals surface area contributed by atoms with Crippen LogP contribution in [0.5, 0.6) is 0 Å². The number of halogens is 1. The molecule has 2 heterocycles. The smallest absolute Gasteiger partial charge is 0.227 e. The third-order valence-corrected chi connectivity index (χ3v) is 5.28. The number of likely N-dealkylation sites (tertiary alicyclic amines) is 1. The normalized spacial score (nSPS) is 21.1. The Morgan fingerprint density at radius 2 is 2.20 bits per heavy atom. The lowest BCUT2D eigenvalue weighted by molar-refractivity contribution is -0.137. The first kappa shape index (κ1) is 15.5. The van der Waals surface area contributed by atoms with Crippen molar-refractivity contribution < 1.29 is 4.79 Å². The van der Waals surface area contributed by atoms with E-state index in [-0.39, 0.29) is 11.8 Å². The van der Waals surface area contributed by atoms with Gasteiger partial charge < -0.3 is 4.90 Å². The van der Waals surface area contributed by atoms with E-state index in [0.717, 1.165) is 35.4 Å². The van der Waals surface area contributed by atoms with Crippen LogP contribution < -0.4 is 0 Å². The Morgan fingerprint density at radius 1 is 1.50 bits per heavy atom. The zero-order chi connectivity index (χ0) is 14.9. The van der Waals surface area contributed by atoms with Gasteiger partial charge in [-0.05, 0) is 48.5 Å². The number of aryl methyl sites for hydroxylation is 1. The molecule has 112 valence electrons. The molecule has 0 saturated carbocycles. The molecule has 1 aromatic heterocycles. The highest BCUT2D eigenvalue weighted by atomic mass is 79.9. The molecule has 2 unspecified atom stereocenters. The maximum atomic E-state index is 12.5. The zero-order valence-electron chi connectivity index (χ0n) is 12.8. The number of carbonyl (C=O) groups excluding carboxylic acids is 1. The highest BCUT2D eigenvalue weighted by Gasteiger charge is 2.25. The molecule has 1 aromatic rings. The molecular formula is C15H24BrN3O. The van der Waals surface area contributed by atoms with Gasteiger partial charge in [0.2, 0.25) is 5.91 Å². The molecular weight excluding hydrogens is 318 g/mol. The quantitative estimate of drug-likeness (QED) is 0.846.